The Bertz CT molecular complexity index is 690. The molecule has 1 unspecified atom stereocenters. The van der Waals surface area contributed by atoms with Crippen LogP contribution >= 0.6 is 15.9 Å². The molecular weight excluding hydrogens is 359 g/mol. The number of halogens is 2. The lowest BCUT2D eigenvalue weighted by molar-refractivity contribution is -0.117. The summed E-state index contributed by atoms with van der Waals surface area (Å²) in [4.78, 5) is 14.5. The second-order valence-electron chi connectivity index (χ2n) is 5.71. The number of carbonyl (C=O) groups excluding carboxylic acids is 1. The quantitative estimate of drug-likeness (QED) is 0.859. The third-order valence-corrected chi connectivity index (χ3v) is 4.80. The molecule has 1 atom stereocenters. The van der Waals surface area contributed by atoms with Crippen LogP contribution in [-0.2, 0) is 4.79 Å². The van der Waals surface area contributed by atoms with Crippen LogP contribution in [0.15, 0.2) is 53.0 Å². The SMILES string of the molecule is O=C(CN1CCCC1c1ccc(F)cc1)Nc1ccccc1Br. The first-order chi connectivity index (χ1) is 11.1. The highest BCUT2D eigenvalue weighted by atomic mass is 79.9. The van der Waals surface area contributed by atoms with Crippen molar-refractivity contribution in [3.8, 4) is 0 Å². The van der Waals surface area contributed by atoms with Gasteiger partial charge in [-0.15, -0.1) is 0 Å². The Balaban J connectivity index is 1.65. The summed E-state index contributed by atoms with van der Waals surface area (Å²) in [6, 6.07) is 14.3. The smallest absolute Gasteiger partial charge is 0.238 e. The molecule has 0 saturated carbocycles. The van der Waals surface area contributed by atoms with Gasteiger partial charge in [0.15, 0.2) is 0 Å². The normalized spacial score (nSPS) is 18.1. The van der Waals surface area contributed by atoms with Crippen molar-refractivity contribution in [2.75, 3.05) is 18.4 Å². The molecule has 5 heteroatoms. The number of likely N-dealkylation sites (tertiary alicyclic amines) is 1. The number of hydrogen-bond donors (Lipinski definition) is 1. The molecule has 23 heavy (non-hydrogen) atoms. The molecule has 0 radical (unpaired) electrons. The average molecular weight is 377 g/mol. The lowest BCUT2D eigenvalue weighted by Gasteiger charge is -2.24. The highest BCUT2D eigenvalue weighted by Gasteiger charge is 2.27. The Morgan fingerprint density at radius 1 is 1.22 bits per heavy atom. The summed E-state index contributed by atoms with van der Waals surface area (Å²) in [6.07, 6.45) is 2.04. The van der Waals surface area contributed by atoms with Crippen LogP contribution in [0.2, 0.25) is 0 Å². The summed E-state index contributed by atoms with van der Waals surface area (Å²) in [5.41, 5.74) is 1.84. The minimum Gasteiger partial charge on any atom is -0.324 e. The van der Waals surface area contributed by atoms with Gasteiger partial charge in [0.25, 0.3) is 0 Å². The highest BCUT2D eigenvalue weighted by Crippen LogP contribution is 2.31. The molecule has 3 nitrogen and oxygen atoms in total. The lowest BCUT2D eigenvalue weighted by atomic mass is 10.0. The van der Waals surface area contributed by atoms with E-state index in [1.807, 2.05) is 36.4 Å². The Labute approximate surface area is 143 Å². The average Bonchev–Trinajstić information content (AvgIpc) is 2.98. The molecule has 1 fully saturated rings. The van der Waals surface area contributed by atoms with Crippen molar-refractivity contribution in [3.63, 3.8) is 0 Å². The van der Waals surface area contributed by atoms with Crippen molar-refractivity contribution in [1.82, 2.24) is 4.90 Å². The maximum Gasteiger partial charge on any atom is 0.238 e. The Morgan fingerprint density at radius 2 is 1.96 bits per heavy atom. The van der Waals surface area contributed by atoms with Crippen LogP contribution in [0.4, 0.5) is 10.1 Å². The summed E-state index contributed by atoms with van der Waals surface area (Å²) in [7, 11) is 0. The van der Waals surface area contributed by atoms with E-state index in [0.717, 1.165) is 35.1 Å². The molecule has 1 amide bonds. The van der Waals surface area contributed by atoms with Gasteiger partial charge >= 0.3 is 0 Å². The van der Waals surface area contributed by atoms with Gasteiger partial charge in [-0.25, -0.2) is 4.39 Å². The van der Waals surface area contributed by atoms with Gasteiger partial charge in [0.1, 0.15) is 5.82 Å². The third-order valence-electron chi connectivity index (χ3n) is 4.11. The second kappa shape index (κ2) is 7.23. The minimum atomic E-state index is -0.232. The number of nitrogens with one attached hydrogen (secondary N) is 1. The van der Waals surface area contributed by atoms with E-state index in [0.29, 0.717) is 6.54 Å². The predicted molar refractivity (Wildman–Crippen MR) is 92.7 cm³/mol. The fourth-order valence-electron chi connectivity index (χ4n) is 3.01. The number of nitrogens with zero attached hydrogens (tertiary/aromatic N) is 1. The van der Waals surface area contributed by atoms with Crippen molar-refractivity contribution >= 4 is 27.5 Å². The van der Waals surface area contributed by atoms with Gasteiger partial charge in [0, 0.05) is 10.5 Å². The molecule has 0 aromatic heterocycles. The first kappa shape index (κ1) is 16.1. The molecule has 1 aliphatic heterocycles. The zero-order valence-electron chi connectivity index (χ0n) is 12.6. The summed E-state index contributed by atoms with van der Waals surface area (Å²) in [5.74, 6) is -0.268. The Hall–Kier alpha value is -1.72. The van der Waals surface area contributed by atoms with Crippen molar-refractivity contribution in [3.05, 3.63) is 64.4 Å². The van der Waals surface area contributed by atoms with Crippen LogP contribution in [0.25, 0.3) is 0 Å². The van der Waals surface area contributed by atoms with E-state index in [2.05, 4.69) is 26.1 Å². The van der Waals surface area contributed by atoms with Gasteiger partial charge < -0.3 is 5.32 Å². The topological polar surface area (TPSA) is 32.3 Å². The van der Waals surface area contributed by atoms with Crippen molar-refractivity contribution < 1.29 is 9.18 Å². The zero-order chi connectivity index (χ0) is 16.2. The monoisotopic (exact) mass is 376 g/mol. The molecule has 120 valence electrons. The molecule has 1 saturated heterocycles. The summed E-state index contributed by atoms with van der Waals surface area (Å²) in [6.45, 7) is 1.22. The van der Waals surface area contributed by atoms with E-state index >= 15 is 0 Å². The van der Waals surface area contributed by atoms with Gasteiger partial charge in [0.05, 0.1) is 12.2 Å². The molecule has 0 spiro atoms. The lowest BCUT2D eigenvalue weighted by Crippen LogP contribution is -2.33. The van der Waals surface area contributed by atoms with E-state index in [-0.39, 0.29) is 17.8 Å². The summed E-state index contributed by atoms with van der Waals surface area (Å²) in [5, 5.41) is 2.93. The number of carbonyl (C=O) groups is 1. The fraction of sp³-hybridized carbons (Fsp3) is 0.278. The van der Waals surface area contributed by atoms with E-state index in [1.165, 1.54) is 12.1 Å². The molecule has 3 rings (SSSR count). The largest absolute Gasteiger partial charge is 0.324 e. The van der Waals surface area contributed by atoms with Crippen molar-refractivity contribution in [1.29, 1.82) is 0 Å². The van der Waals surface area contributed by atoms with Crippen LogP contribution in [0.5, 0.6) is 0 Å². The molecule has 1 heterocycles. The van der Waals surface area contributed by atoms with Crippen LogP contribution in [0, 0.1) is 5.82 Å². The third kappa shape index (κ3) is 3.98. The van der Waals surface area contributed by atoms with Crippen LogP contribution < -0.4 is 5.32 Å². The number of para-hydroxylation sites is 1. The van der Waals surface area contributed by atoms with Gasteiger partial charge in [-0.1, -0.05) is 24.3 Å². The first-order valence-electron chi connectivity index (χ1n) is 7.67. The van der Waals surface area contributed by atoms with Crippen molar-refractivity contribution in [2.24, 2.45) is 0 Å². The summed E-state index contributed by atoms with van der Waals surface area (Å²) >= 11 is 3.43. The minimum absolute atomic E-state index is 0.0362. The maximum atomic E-state index is 13.1. The second-order valence-corrected chi connectivity index (χ2v) is 6.56. The Morgan fingerprint density at radius 3 is 2.70 bits per heavy atom. The summed E-state index contributed by atoms with van der Waals surface area (Å²) < 4.78 is 13.9. The van der Waals surface area contributed by atoms with E-state index in [9.17, 15) is 9.18 Å². The Kier molecular flexibility index (Phi) is 5.08. The maximum absolute atomic E-state index is 13.1. The molecule has 0 bridgehead atoms. The number of rotatable bonds is 4. The van der Waals surface area contributed by atoms with E-state index in [4.69, 9.17) is 0 Å². The zero-order valence-corrected chi connectivity index (χ0v) is 14.2. The fourth-order valence-corrected chi connectivity index (χ4v) is 3.40. The van der Waals surface area contributed by atoms with Gasteiger partial charge in [0.2, 0.25) is 5.91 Å². The number of hydrogen-bond acceptors (Lipinski definition) is 2. The molecule has 1 N–H and O–H groups in total. The van der Waals surface area contributed by atoms with Gasteiger partial charge in [-0.2, -0.15) is 0 Å². The molecule has 1 aliphatic rings. The first-order valence-corrected chi connectivity index (χ1v) is 8.46. The standard InChI is InChI=1S/C18H18BrFN2O/c19-15-4-1-2-5-16(15)21-18(23)12-22-11-3-6-17(22)13-7-9-14(20)10-8-13/h1-2,4-5,7-10,17H,3,6,11-12H2,(H,21,23). The van der Waals surface area contributed by atoms with Crippen LogP contribution in [-0.4, -0.2) is 23.9 Å². The molecule has 2 aromatic carbocycles. The van der Waals surface area contributed by atoms with Gasteiger partial charge in [-0.3, -0.25) is 9.69 Å². The van der Waals surface area contributed by atoms with Crippen LogP contribution in [0.3, 0.4) is 0 Å². The van der Waals surface area contributed by atoms with E-state index in [1.54, 1.807) is 0 Å². The molecule has 2 aromatic rings. The highest BCUT2D eigenvalue weighted by molar-refractivity contribution is 9.10. The number of benzene rings is 2. The van der Waals surface area contributed by atoms with Crippen LogP contribution in [0.1, 0.15) is 24.4 Å². The number of anilines is 1. The number of amides is 1. The van der Waals surface area contributed by atoms with Gasteiger partial charge in [-0.05, 0) is 65.1 Å². The predicted octanol–water partition coefficient (Wildman–Crippen LogP) is 4.36. The van der Waals surface area contributed by atoms with E-state index < -0.39 is 0 Å². The molecular formula is C18H18BrFN2O. The molecule has 0 aliphatic carbocycles. The van der Waals surface area contributed by atoms with Crippen molar-refractivity contribution in [2.45, 2.75) is 18.9 Å².